The number of aromatic nitrogens is 2. The topological polar surface area (TPSA) is 112 Å². The molecular formula is C9H12F2N3O4+. The van der Waals surface area contributed by atoms with Gasteiger partial charge in [-0.1, -0.05) is 0 Å². The number of nitrogens with zero attached hydrogens (tertiary/aromatic N) is 1. The number of hydrogen-bond acceptors (Lipinski definition) is 5. The molecule has 0 radical (unpaired) electrons. The number of aliphatic hydroxyl groups excluding tert-OH is 2. The summed E-state index contributed by atoms with van der Waals surface area (Å²) in [5.41, 5.74) is 4.39. The van der Waals surface area contributed by atoms with E-state index in [0.717, 1.165) is 6.20 Å². The van der Waals surface area contributed by atoms with Gasteiger partial charge in [0.05, 0.1) is 6.61 Å². The zero-order chi connectivity index (χ0) is 13.5. The number of nitrogens with one attached hydrogen (secondary N) is 1. The first-order valence-electron chi connectivity index (χ1n) is 5.10. The molecule has 1 aromatic rings. The first kappa shape index (κ1) is 12.9. The van der Waals surface area contributed by atoms with Gasteiger partial charge in [0.1, 0.15) is 12.3 Å². The summed E-state index contributed by atoms with van der Waals surface area (Å²) in [5.74, 6) is -3.68. The number of anilines is 1. The minimum Gasteiger partial charge on any atom is -0.394 e. The molecule has 18 heavy (non-hydrogen) atoms. The van der Waals surface area contributed by atoms with Crippen molar-refractivity contribution in [2.75, 3.05) is 12.3 Å². The molecule has 100 valence electrons. The van der Waals surface area contributed by atoms with E-state index >= 15 is 0 Å². The Labute approximate surface area is 99.4 Å². The van der Waals surface area contributed by atoms with Gasteiger partial charge in [0.25, 0.3) is 6.23 Å². The van der Waals surface area contributed by atoms with Crippen molar-refractivity contribution in [3.05, 3.63) is 22.7 Å². The van der Waals surface area contributed by atoms with Crippen molar-refractivity contribution in [3.8, 4) is 0 Å². The fraction of sp³-hybridized carbons (Fsp3) is 0.556. The Balaban J connectivity index is 2.42. The van der Waals surface area contributed by atoms with Crippen LogP contribution in [0.25, 0.3) is 0 Å². The quantitative estimate of drug-likeness (QED) is 0.467. The monoisotopic (exact) mass is 264 g/mol. The molecule has 9 heteroatoms. The maximum atomic E-state index is 13.7. The van der Waals surface area contributed by atoms with Crippen LogP contribution in [0.3, 0.4) is 0 Å². The van der Waals surface area contributed by atoms with Crippen molar-refractivity contribution in [1.29, 1.82) is 0 Å². The third-order valence-corrected chi connectivity index (χ3v) is 2.71. The zero-order valence-electron chi connectivity index (χ0n) is 9.09. The highest BCUT2D eigenvalue weighted by Gasteiger charge is 2.62. The fourth-order valence-corrected chi connectivity index (χ4v) is 1.76. The minimum atomic E-state index is -3.69. The molecule has 2 rings (SSSR count). The Hall–Kier alpha value is -1.58. The molecule has 0 aromatic carbocycles. The van der Waals surface area contributed by atoms with Gasteiger partial charge in [0.15, 0.2) is 11.9 Å². The third-order valence-electron chi connectivity index (χ3n) is 2.71. The third kappa shape index (κ3) is 1.85. The number of nitrogen functional groups attached to an aromatic ring is 1. The van der Waals surface area contributed by atoms with Gasteiger partial charge in [0.2, 0.25) is 0 Å². The highest BCUT2D eigenvalue weighted by Crippen LogP contribution is 2.39. The van der Waals surface area contributed by atoms with Crippen molar-refractivity contribution in [1.82, 2.24) is 4.98 Å². The van der Waals surface area contributed by atoms with Gasteiger partial charge in [-0.15, -0.1) is 0 Å². The molecule has 2 heterocycles. The van der Waals surface area contributed by atoms with Crippen molar-refractivity contribution in [2.45, 2.75) is 24.4 Å². The van der Waals surface area contributed by atoms with Crippen LogP contribution >= 0.6 is 0 Å². The fourth-order valence-electron chi connectivity index (χ4n) is 1.76. The highest BCUT2D eigenvalue weighted by molar-refractivity contribution is 5.21. The predicted octanol–water partition coefficient (Wildman–Crippen LogP) is -1.87. The molecule has 5 N–H and O–H groups in total. The van der Waals surface area contributed by atoms with Crippen molar-refractivity contribution in [3.63, 3.8) is 0 Å². The second kappa shape index (κ2) is 4.26. The Kier molecular flexibility index (Phi) is 3.05. The van der Waals surface area contributed by atoms with Gasteiger partial charge in [-0.2, -0.15) is 23.1 Å². The van der Waals surface area contributed by atoms with Crippen LogP contribution in [0.5, 0.6) is 0 Å². The summed E-state index contributed by atoms with van der Waals surface area (Å²) in [6.45, 7) is -0.777. The maximum absolute atomic E-state index is 13.7. The van der Waals surface area contributed by atoms with Crippen LogP contribution in [-0.2, 0) is 4.74 Å². The zero-order valence-corrected chi connectivity index (χ0v) is 9.09. The van der Waals surface area contributed by atoms with Gasteiger partial charge >= 0.3 is 11.6 Å². The molecule has 7 nitrogen and oxygen atoms in total. The van der Waals surface area contributed by atoms with E-state index < -0.39 is 36.7 Å². The van der Waals surface area contributed by atoms with Crippen molar-refractivity contribution >= 4 is 5.82 Å². The number of rotatable bonds is 2. The first-order valence-corrected chi connectivity index (χ1v) is 5.10. The van der Waals surface area contributed by atoms with Crippen molar-refractivity contribution < 1.29 is 28.3 Å². The maximum Gasteiger partial charge on any atom is 0.499 e. The van der Waals surface area contributed by atoms with Gasteiger partial charge in [-0.25, -0.2) is 0 Å². The number of aromatic amines is 1. The molecule has 0 saturated carbocycles. The molecule has 0 aliphatic carbocycles. The van der Waals surface area contributed by atoms with E-state index in [1.54, 1.807) is 0 Å². The van der Waals surface area contributed by atoms with E-state index in [0.29, 0.717) is 4.57 Å². The summed E-state index contributed by atoms with van der Waals surface area (Å²) in [6.07, 6.45) is -4.60. The molecular weight excluding hydrogens is 252 g/mol. The normalized spacial score (nSPS) is 30.6. The second-order valence-corrected chi connectivity index (χ2v) is 3.94. The summed E-state index contributed by atoms with van der Waals surface area (Å²) < 4.78 is 32.8. The van der Waals surface area contributed by atoms with E-state index in [-0.39, 0.29) is 5.82 Å². The number of halogens is 2. The van der Waals surface area contributed by atoms with Crippen LogP contribution in [0.4, 0.5) is 14.6 Å². The van der Waals surface area contributed by atoms with Crippen LogP contribution in [0.2, 0.25) is 0 Å². The summed E-state index contributed by atoms with van der Waals surface area (Å²) >= 11 is 0. The SMILES string of the molecule is Nc1cc[n+]([C@@H]2O[C@H](CO)[C@@H](O)C2(F)F)c(=O)[nH]1. The van der Waals surface area contributed by atoms with E-state index in [4.69, 9.17) is 15.6 Å². The molecule has 0 amide bonds. The van der Waals surface area contributed by atoms with Crippen LogP contribution in [0.15, 0.2) is 17.1 Å². The number of aliphatic hydroxyl groups is 2. The number of H-pyrrole nitrogens is 1. The molecule has 0 spiro atoms. The van der Waals surface area contributed by atoms with E-state index in [9.17, 15) is 18.7 Å². The summed E-state index contributed by atoms with van der Waals surface area (Å²) in [7, 11) is 0. The number of ether oxygens (including phenoxy) is 1. The Morgan fingerprint density at radius 3 is 2.78 bits per heavy atom. The van der Waals surface area contributed by atoms with Crippen LogP contribution < -0.4 is 16.0 Å². The predicted molar refractivity (Wildman–Crippen MR) is 53.6 cm³/mol. The molecule has 1 fully saturated rings. The van der Waals surface area contributed by atoms with Gasteiger partial charge < -0.3 is 20.7 Å². The molecule has 1 saturated heterocycles. The van der Waals surface area contributed by atoms with Crippen molar-refractivity contribution in [2.24, 2.45) is 0 Å². The molecule has 0 unspecified atom stereocenters. The Bertz CT molecular complexity index is 507. The smallest absolute Gasteiger partial charge is 0.394 e. The first-order chi connectivity index (χ1) is 8.37. The van der Waals surface area contributed by atoms with Crippen LogP contribution in [0.1, 0.15) is 6.23 Å². The summed E-state index contributed by atoms with van der Waals surface area (Å²) in [5, 5.41) is 18.1. The standard InChI is InChI=1S/C9H11F2N3O4/c10-9(11)6(16)4(3-15)18-7(9)14-2-1-5(12)13-8(14)17/h1-2,4,6-7,15-16H,3H2,(H2,12,13,17)/p+1/t4-,6-,7-/m1/s1. The second-order valence-electron chi connectivity index (χ2n) is 3.94. The molecule has 1 aromatic heterocycles. The molecule has 0 bridgehead atoms. The molecule has 1 aliphatic rings. The number of nitrogens with two attached hydrogens (primary N) is 1. The molecule has 1 aliphatic heterocycles. The molecule has 3 atom stereocenters. The van der Waals surface area contributed by atoms with Gasteiger partial charge in [-0.3, -0.25) is 0 Å². The minimum absolute atomic E-state index is 0.0109. The highest BCUT2D eigenvalue weighted by atomic mass is 19.3. The van der Waals surface area contributed by atoms with E-state index in [2.05, 4.69) is 4.98 Å². The average molecular weight is 264 g/mol. The largest absolute Gasteiger partial charge is 0.499 e. The van der Waals surface area contributed by atoms with Crippen LogP contribution in [-0.4, -0.2) is 39.9 Å². The number of alkyl halides is 2. The Morgan fingerprint density at radius 1 is 1.61 bits per heavy atom. The Morgan fingerprint density at radius 2 is 2.28 bits per heavy atom. The van der Waals surface area contributed by atoms with Gasteiger partial charge in [0, 0.05) is 6.07 Å². The summed E-state index contributed by atoms with van der Waals surface area (Å²) in [4.78, 5) is 13.6. The lowest BCUT2D eigenvalue weighted by atomic mass is 10.1. The summed E-state index contributed by atoms with van der Waals surface area (Å²) in [6, 6.07) is 1.21. The number of hydrogen-bond donors (Lipinski definition) is 4. The van der Waals surface area contributed by atoms with Gasteiger partial charge in [-0.05, 0) is 0 Å². The van der Waals surface area contributed by atoms with E-state index in [1.807, 2.05) is 0 Å². The lowest BCUT2D eigenvalue weighted by molar-refractivity contribution is -0.789. The lowest BCUT2D eigenvalue weighted by Crippen LogP contribution is -2.60. The average Bonchev–Trinajstić information content (AvgIpc) is 2.52. The van der Waals surface area contributed by atoms with E-state index in [1.165, 1.54) is 6.07 Å². The van der Waals surface area contributed by atoms with Crippen LogP contribution in [0, 0.1) is 0 Å². The lowest BCUT2D eigenvalue weighted by Gasteiger charge is -2.16.